The Balaban J connectivity index is 2.21. The van der Waals surface area contributed by atoms with Gasteiger partial charge in [-0.1, -0.05) is 0 Å². The van der Waals surface area contributed by atoms with Gasteiger partial charge in [-0.05, 0) is 13.0 Å². The van der Waals surface area contributed by atoms with Crippen molar-refractivity contribution < 1.29 is 31.1 Å². The minimum absolute atomic E-state index is 0.171. The molecule has 0 aromatic carbocycles. The first-order chi connectivity index (χ1) is 11.2. The van der Waals surface area contributed by atoms with Gasteiger partial charge in [0.05, 0.1) is 1.37 Å². The van der Waals surface area contributed by atoms with E-state index >= 15 is 0 Å². The van der Waals surface area contributed by atoms with Gasteiger partial charge >= 0.3 is 11.7 Å². The van der Waals surface area contributed by atoms with Gasteiger partial charge < -0.3 is 25.4 Å². The first kappa shape index (κ1) is 15.8. The third-order valence-corrected chi connectivity index (χ3v) is 3.15. The molecule has 1 saturated heterocycles. The molecule has 128 valence electrons. The van der Waals surface area contributed by atoms with E-state index in [4.69, 9.17) is 21.8 Å². The predicted molar refractivity (Wildman–Crippen MR) is 74.4 cm³/mol. The summed E-state index contributed by atoms with van der Waals surface area (Å²) >= 11 is 0. The number of aliphatic hydroxyl groups excluding tert-OH is 2. The smallest absolute Gasteiger partial charge is 0.351 e. The number of anilines is 1. The number of aliphatic hydroxyl groups is 2. The first-order valence-corrected chi connectivity index (χ1v) is 6.67. The van der Waals surface area contributed by atoms with Crippen LogP contribution < -0.4 is 16.9 Å². The summed E-state index contributed by atoms with van der Waals surface area (Å²) < 4.78 is 18.8. The lowest BCUT2D eigenvalue weighted by atomic mass is 10.1. The molecular weight excluding hydrogens is 312 g/mol. The Kier molecular flexibility index (Phi) is 4.83. The Morgan fingerprint density at radius 2 is 2.35 bits per heavy atom. The van der Waals surface area contributed by atoms with Crippen molar-refractivity contribution in [1.82, 2.24) is 9.55 Å². The summed E-state index contributed by atoms with van der Waals surface area (Å²) in [7, 11) is 0. The maximum Gasteiger partial charge on any atom is 0.351 e. The summed E-state index contributed by atoms with van der Waals surface area (Å²) in [6.45, 7) is 0.942. The molecule has 1 aromatic rings. The normalized spacial score (nSPS) is 32.2. The van der Waals surface area contributed by atoms with E-state index in [1.54, 1.807) is 5.48 Å². The van der Waals surface area contributed by atoms with Crippen molar-refractivity contribution in [1.29, 1.82) is 0 Å². The second-order valence-electron chi connectivity index (χ2n) is 4.93. The quantitative estimate of drug-likeness (QED) is 0.288. The Labute approximate surface area is 131 Å². The van der Waals surface area contributed by atoms with Crippen LogP contribution in [0, 0.1) is 0 Å². The highest BCUT2D eigenvalue weighted by molar-refractivity contribution is 5.74. The van der Waals surface area contributed by atoms with E-state index in [0.29, 0.717) is 4.57 Å². The molecule has 11 nitrogen and oxygen atoms in total. The molecule has 23 heavy (non-hydrogen) atoms. The van der Waals surface area contributed by atoms with Gasteiger partial charge in [0.15, 0.2) is 12.0 Å². The summed E-state index contributed by atoms with van der Waals surface area (Å²) in [5, 5.41) is 28.8. The third kappa shape index (κ3) is 3.65. The molecule has 0 bridgehead atoms. The zero-order chi connectivity index (χ0) is 18.1. The molecule has 0 aliphatic carbocycles. The van der Waals surface area contributed by atoms with Crippen LogP contribution in [0.2, 0.25) is 0 Å². The molecule has 0 saturated carbocycles. The number of aromatic nitrogens is 2. The number of rotatable bonds is 5. The van der Waals surface area contributed by atoms with Crippen LogP contribution in [0.1, 0.15) is 14.5 Å². The number of hydrogen-bond acceptors (Lipinski definition) is 10. The predicted octanol–water partition coefficient (Wildman–Crippen LogP) is -2.45. The van der Waals surface area contributed by atoms with Crippen LogP contribution >= 0.6 is 0 Å². The van der Waals surface area contributed by atoms with Crippen molar-refractivity contribution in [2.75, 3.05) is 12.1 Å². The number of hydrogen-bond donors (Lipinski definition) is 5. The van der Waals surface area contributed by atoms with Crippen LogP contribution in [0.15, 0.2) is 17.1 Å². The Morgan fingerprint density at radius 1 is 1.65 bits per heavy atom. The summed E-state index contributed by atoms with van der Waals surface area (Å²) in [4.78, 5) is 26.7. The van der Waals surface area contributed by atoms with Crippen molar-refractivity contribution in [3.63, 3.8) is 0 Å². The number of ether oxygens (including phenoxy) is 2. The molecule has 6 N–H and O–H groups in total. The summed E-state index contributed by atoms with van der Waals surface area (Å²) in [5.74, 6) is -0.921. The summed E-state index contributed by atoms with van der Waals surface area (Å²) in [6, 6.07) is 0.267. The largest absolute Gasteiger partial charge is 0.462 e. The molecule has 5 atom stereocenters. The van der Waals surface area contributed by atoms with E-state index in [0.717, 1.165) is 12.3 Å². The lowest BCUT2D eigenvalue weighted by Gasteiger charge is -2.17. The fourth-order valence-corrected chi connectivity index (χ4v) is 1.90. The van der Waals surface area contributed by atoms with Crippen molar-refractivity contribution >= 4 is 11.8 Å². The average Bonchev–Trinajstić information content (AvgIpc) is 2.77. The zero-order valence-corrected chi connectivity index (χ0v) is 12.1. The SMILES string of the molecule is [2H][C@@]1(n2ccc(NO)nc2=O)O[C@H](COC(=O)[C@@H](C)N)[C@@H](O)[C@H]1O. The van der Waals surface area contributed by atoms with Crippen LogP contribution in [0.3, 0.4) is 0 Å². The minimum Gasteiger partial charge on any atom is -0.462 e. The molecule has 1 aliphatic rings. The van der Waals surface area contributed by atoms with Gasteiger partial charge in [-0.2, -0.15) is 4.98 Å². The van der Waals surface area contributed by atoms with Crippen LogP contribution in [-0.4, -0.2) is 61.9 Å². The molecule has 0 spiro atoms. The fraction of sp³-hybridized carbons (Fsp3) is 0.583. The minimum atomic E-state index is -2.39. The van der Waals surface area contributed by atoms with Gasteiger partial charge in [-0.25, -0.2) is 4.79 Å². The summed E-state index contributed by atoms with van der Waals surface area (Å²) in [5.41, 5.74) is 5.98. The monoisotopic (exact) mass is 331 g/mol. The van der Waals surface area contributed by atoms with Crippen LogP contribution in [-0.2, 0) is 14.3 Å². The molecular formula is C12H18N4O7. The van der Waals surface area contributed by atoms with Gasteiger partial charge in [0.2, 0.25) is 0 Å². The highest BCUT2D eigenvalue weighted by atomic mass is 16.6. The van der Waals surface area contributed by atoms with E-state index in [2.05, 4.69) is 4.98 Å². The van der Waals surface area contributed by atoms with Crippen molar-refractivity contribution in [3.8, 4) is 0 Å². The standard InChI is InChI=1S/C12H18N4O7/c1-5(13)11(19)22-4-6-8(17)9(18)10(23-6)16-3-2-7(15-21)14-12(16)20/h2-3,5-6,8-10,17-18,21H,4,13H2,1H3,(H,14,15,20)/t5-,6-,8-,9-,10-/m1/s1/i10D. The van der Waals surface area contributed by atoms with Crippen molar-refractivity contribution in [2.45, 2.75) is 37.5 Å². The molecule has 1 aromatic heterocycles. The number of esters is 1. The first-order valence-electron chi connectivity index (χ1n) is 7.17. The average molecular weight is 331 g/mol. The van der Waals surface area contributed by atoms with E-state index in [1.165, 1.54) is 6.92 Å². The van der Waals surface area contributed by atoms with Crippen molar-refractivity contribution in [2.24, 2.45) is 5.73 Å². The lowest BCUT2D eigenvalue weighted by Crippen LogP contribution is -2.37. The molecule has 2 heterocycles. The van der Waals surface area contributed by atoms with Crippen LogP contribution in [0.5, 0.6) is 0 Å². The van der Waals surface area contributed by atoms with Gasteiger partial charge in [0.25, 0.3) is 0 Å². The molecule has 0 amide bonds. The van der Waals surface area contributed by atoms with Gasteiger partial charge in [-0.15, -0.1) is 0 Å². The Hall–Kier alpha value is -2.05. The maximum absolute atomic E-state index is 11.9. The van der Waals surface area contributed by atoms with Gasteiger partial charge in [0, 0.05) is 6.20 Å². The maximum atomic E-state index is 11.9. The topological polar surface area (TPSA) is 169 Å². The third-order valence-electron chi connectivity index (χ3n) is 3.15. The number of nitrogens with zero attached hydrogens (tertiary/aromatic N) is 2. The number of carbonyl (C=O) groups is 1. The molecule has 1 fully saturated rings. The number of nitrogens with two attached hydrogens (primary N) is 1. The second kappa shape index (κ2) is 7.02. The van der Waals surface area contributed by atoms with Crippen LogP contribution in [0.4, 0.5) is 5.82 Å². The Morgan fingerprint density at radius 3 is 2.91 bits per heavy atom. The molecule has 0 radical (unpaired) electrons. The molecule has 11 heteroatoms. The summed E-state index contributed by atoms with van der Waals surface area (Å²) in [6.07, 6.45) is -5.99. The van der Waals surface area contributed by atoms with Gasteiger partial charge in [0.1, 0.15) is 31.0 Å². The number of carbonyl (C=O) groups excluding carboxylic acids is 1. The van der Waals surface area contributed by atoms with Gasteiger partial charge in [-0.3, -0.25) is 20.0 Å². The second-order valence-corrected chi connectivity index (χ2v) is 4.93. The molecule has 2 rings (SSSR count). The van der Waals surface area contributed by atoms with E-state index in [9.17, 15) is 19.8 Å². The fourth-order valence-electron chi connectivity index (χ4n) is 1.90. The highest BCUT2D eigenvalue weighted by Gasteiger charge is 2.44. The van der Waals surface area contributed by atoms with E-state index in [1.807, 2.05) is 0 Å². The molecule has 1 aliphatic heterocycles. The Bertz CT molecular complexity index is 669. The van der Waals surface area contributed by atoms with E-state index < -0.39 is 48.8 Å². The number of nitrogens with one attached hydrogen (secondary N) is 1. The van der Waals surface area contributed by atoms with E-state index in [-0.39, 0.29) is 5.82 Å². The highest BCUT2D eigenvalue weighted by Crippen LogP contribution is 2.28. The van der Waals surface area contributed by atoms with Crippen LogP contribution in [0.25, 0.3) is 0 Å². The molecule has 0 unspecified atom stereocenters. The lowest BCUT2D eigenvalue weighted by molar-refractivity contribution is -0.151. The van der Waals surface area contributed by atoms with Crippen molar-refractivity contribution in [3.05, 3.63) is 22.7 Å². The zero-order valence-electron chi connectivity index (χ0n) is 13.1.